The van der Waals surface area contributed by atoms with Crippen molar-refractivity contribution >= 4 is 33.0 Å². The number of nitrogens with zero attached hydrogens (tertiary/aromatic N) is 3. The van der Waals surface area contributed by atoms with Crippen molar-refractivity contribution in [2.24, 2.45) is 11.8 Å². The summed E-state index contributed by atoms with van der Waals surface area (Å²) in [5.74, 6) is -4.31. The van der Waals surface area contributed by atoms with Crippen LogP contribution in [0, 0.1) is 23.5 Å². The first-order valence-corrected chi connectivity index (χ1v) is 16.2. The maximum Gasteiger partial charge on any atom is 0.255 e. The highest BCUT2D eigenvalue weighted by Gasteiger charge is 2.60. The average molecular weight is 659 g/mol. The zero-order valence-electron chi connectivity index (χ0n) is 23.6. The first-order chi connectivity index (χ1) is 21.4. The number of sulfone groups is 1. The molecule has 2 aromatic heterocycles. The Bertz CT molecular complexity index is 1840. The molecule has 4 N–H and O–H groups in total. The number of aliphatic hydroxyl groups is 3. The van der Waals surface area contributed by atoms with E-state index in [-0.39, 0.29) is 39.7 Å². The monoisotopic (exact) mass is 658 g/mol. The van der Waals surface area contributed by atoms with E-state index in [1.54, 1.807) is 35.3 Å². The average Bonchev–Trinajstić information content (AvgIpc) is 3.60. The second kappa shape index (κ2) is 11.9. The molecule has 2 bridgehead atoms. The summed E-state index contributed by atoms with van der Waals surface area (Å²) in [6.07, 6.45) is 2.39. The fourth-order valence-corrected chi connectivity index (χ4v) is 9.08. The van der Waals surface area contributed by atoms with Crippen molar-refractivity contribution in [2.75, 3.05) is 5.32 Å². The van der Waals surface area contributed by atoms with E-state index in [9.17, 15) is 37.3 Å². The van der Waals surface area contributed by atoms with Gasteiger partial charge in [0.25, 0.3) is 5.91 Å². The lowest BCUT2D eigenvalue weighted by Gasteiger charge is -2.46. The number of halogens is 3. The topological polar surface area (TPSA) is 155 Å². The molecule has 3 unspecified atom stereocenters. The predicted octanol–water partition coefficient (Wildman–Crippen LogP) is 4.24. The molecule has 2 fully saturated rings. The van der Waals surface area contributed by atoms with E-state index in [0.717, 1.165) is 18.2 Å². The predicted molar refractivity (Wildman–Crippen MR) is 159 cm³/mol. The Morgan fingerprint density at radius 3 is 2.42 bits per heavy atom. The number of pyridine rings is 1. The minimum absolute atomic E-state index is 0.0124. The van der Waals surface area contributed by atoms with E-state index in [4.69, 9.17) is 11.6 Å². The minimum Gasteiger partial charge on any atom is -0.387 e. The maximum atomic E-state index is 13.9. The molecule has 0 aliphatic heterocycles. The molecule has 2 aliphatic rings. The summed E-state index contributed by atoms with van der Waals surface area (Å²) in [4.78, 5) is 16.8. The molecule has 2 aliphatic carbocycles. The molecule has 2 heterocycles. The van der Waals surface area contributed by atoms with Crippen LogP contribution in [-0.4, -0.2) is 61.4 Å². The summed E-state index contributed by atoms with van der Waals surface area (Å²) in [5, 5.41) is 39.8. The van der Waals surface area contributed by atoms with Gasteiger partial charge in [-0.3, -0.25) is 9.78 Å². The maximum absolute atomic E-state index is 13.9. The highest BCUT2D eigenvalue weighted by Crippen LogP contribution is 2.55. The van der Waals surface area contributed by atoms with Crippen molar-refractivity contribution in [2.45, 2.75) is 53.6 Å². The smallest absolute Gasteiger partial charge is 0.255 e. The van der Waals surface area contributed by atoms with Gasteiger partial charge in [0.15, 0.2) is 21.5 Å². The van der Waals surface area contributed by atoms with Crippen LogP contribution in [0.1, 0.15) is 47.8 Å². The number of anilines is 1. The Morgan fingerprint density at radius 2 is 1.76 bits per heavy atom. The number of nitrogens with one attached hydrogen (secondary N) is 1. The van der Waals surface area contributed by atoms with Gasteiger partial charge in [-0.2, -0.15) is 5.10 Å². The number of hydrogen-bond donors (Lipinski definition) is 4. The number of fused-ring (bicyclic) bond motifs is 2. The van der Waals surface area contributed by atoms with Crippen molar-refractivity contribution in [3.8, 4) is 5.69 Å². The third-order valence-electron chi connectivity index (χ3n) is 8.99. The van der Waals surface area contributed by atoms with Crippen molar-refractivity contribution in [1.29, 1.82) is 0 Å². The molecule has 0 spiro atoms. The number of rotatable bonds is 8. The molecule has 10 nitrogen and oxygen atoms in total. The first-order valence-electron chi connectivity index (χ1n) is 14.2. The van der Waals surface area contributed by atoms with E-state index < -0.39 is 62.3 Å². The molecule has 0 saturated heterocycles. The molecule has 0 radical (unpaired) electrons. The van der Waals surface area contributed by atoms with Crippen LogP contribution in [0.15, 0.2) is 78.1 Å². The summed E-state index contributed by atoms with van der Waals surface area (Å²) in [7, 11) is -4.14. The minimum atomic E-state index is -4.14. The number of hydrogen-bond acceptors (Lipinski definition) is 8. The van der Waals surface area contributed by atoms with Crippen molar-refractivity contribution in [3.05, 3.63) is 101 Å². The number of amides is 1. The van der Waals surface area contributed by atoms with E-state index in [1.807, 2.05) is 0 Å². The third-order valence-corrected chi connectivity index (χ3v) is 11.6. The third kappa shape index (κ3) is 5.63. The molecule has 14 heteroatoms. The second-order valence-corrected chi connectivity index (χ2v) is 14.1. The normalized spacial score (nSPS) is 24.3. The summed E-state index contributed by atoms with van der Waals surface area (Å²) in [6, 6.07) is 11.5. The largest absolute Gasteiger partial charge is 0.387 e. The van der Waals surface area contributed by atoms with Crippen LogP contribution in [0.25, 0.3) is 5.69 Å². The van der Waals surface area contributed by atoms with Gasteiger partial charge in [0.1, 0.15) is 12.2 Å². The quantitative estimate of drug-likeness (QED) is 0.219. The lowest BCUT2D eigenvalue weighted by molar-refractivity contribution is -0.178. The van der Waals surface area contributed by atoms with Crippen LogP contribution < -0.4 is 5.32 Å². The van der Waals surface area contributed by atoms with Crippen LogP contribution >= 0.6 is 11.6 Å². The van der Waals surface area contributed by atoms with Gasteiger partial charge in [-0.1, -0.05) is 11.6 Å². The van der Waals surface area contributed by atoms with Gasteiger partial charge in [0, 0.05) is 35.9 Å². The molecular formula is C31H29ClF2N4O6S. The summed E-state index contributed by atoms with van der Waals surface area (Å²) in [5.41, 5.74) is -1.14. The van der Waals surface area contributed by atoms with Gasteiger partial charge in [0.05, 0.1) is 32.2 Å². The van der Waals surface area contributed by atoms with Crippen molar-refractivity contribution in [3.63, 3.8) is 0 Å². The Balaban J connectivity index is 1.21. The summed E-state index contributed by atoms with van der Waals surface area (Å²) in [6.45, 7) is 0. The lowest BCUT2D eigenvalue weighted by atomic mass is 9.69. The molecule has 6 rings (SSSR count). The standard InChI is InChI=1S/C31H29ClF2N4O6S/c32-23-6-2-17(30(41)37-20-5-7-24(33)25(34)15-20)12-27(23)45(43,44)22-13-18-3-4-19(14-22)31(18,42)29(40)28(39)26-16-21(8-10-35-26)38-11-1-9-36-38/h1-2,5-12,15-16,18-19,22,28-29,39-40,42H,3-4,13-14H2,(H,37,41)/t18-,19?,22-,28?,29?,31-/m0/s1. The highest BCUT2D eigenvalue weighted by atomic mass is 35.5. The lowest BCUT2D eigenvalue weighted by Crippen LogP contribution is -2.57. The van der Waals surface area contributed by atoms with Crippen molar-refractivity contribution in [1.82, 2.24) is 14.8 Å². The van der Waals surface area contributed by atoms with Gasteiger partial charge in [-0.25, -0.2) is 21.9 Å². The Hall–Kier alpha value is -3.75. The Morgan fingerprint density at radius 1 is 1.02 bits per heavy atom. The van der Waals surface area contributed by atoms with Crippen LogP contribution in [0.5, 0.6) is 0 Å². The van der Waals surface area contributed by atoms with E-state index in [1.165, 1.54) is 24.4 Å². The van der Waals surface area contributed by atoms with Gasteiger partial charge < -0.3 is 20.6 Å². The molecule has 1 amide bonds. The van der Waals surface area contributed by atoms with Gasteiger partial charge in [-0.05, 0) is 86.1 Å². The zero-order chi connectivity index (χ0) is 32.1. The number of aromatic nitrogens is 3. The number of aliphatic hydroxyl groups excluding tert-OH is 2. The molecule has 6 atom stereocenters. The highest BCUT2D eigenvalue weighted by molar-refractivity contribution is 7.92. The molecule has 2 saturated carbocycles. The van der Waals surface area contributed by atoms with Crippen LogP contribution in [0.2, 0.25) is 5.02 Å². The van der Waals surface area contributed by atoms with Crippen LogP contribution in [0.3, 0.4) is 0 Å². The van der Waals surface area contributed by atoms with E-state index in [0.29, 0.717) is 18.5 Å². The fraction of sp³-hybridized carbons (Fsp3) is 0.323. The second-order valence-electron chi connectivity index (χ2n) is 11.5. The van der Waals surface area contributed by atoms with Gasteiger partial charge in [0.2, 0.25) is 0 Å². The molecule has 4 aromatic rings. The van der Waals surface area contributed by atoms with Crippen LogP contribution in [-0.2, 0) is 9.84 Å². The Kier molecular flexibility index (Phi) is 8.25. The molecule has 236 valence electrons. The van der Waals surface area contributed by atoms with E-state index >= 15 is 0 Å². The number of carbonyl (C=O) groups excluding carboxylic acids is 1. The SMILES string of the molecule is O=C(Nc1ccc(F)c(F)c1)c1ccc(Cl)c(S(=O)(=O)[C@@H]2CC3CC[C@@H](C2)[C@@]3(O)C(O)C(O)c2cc(-n3cccn3)ccn2)c1. The number of benzene rings is 2. The summed E-state index contributed by atoms with van der Waals surface area (Å²) < 4.78 is 56.3. The van der Waals surface area contributed by atoms with Crippen LogP contribution in [0.4, 0.5) is 14.5 Å². The van der Waals surface area contributed by atoms with Gasteiger partial charge >= 0.3 is 0 Å². The number of carbonyl (C=O) groups is 1. The fourth-order valence-electron chi connectivity index (χ4n) is 6.68. The zero-order valence-corrected chi connectivity index (χ0v) is 25.2. The Labute approximate surface area is 262 Å². The van der Waals surface area contributed by atoms with Crippen molar-refractivity contribution < 1.29 is 37.3 Å². The molecular weight excluding hydrogens is 630 g/mol. The molecule has 2 aromatic carbocycles. The first kappa shape index (κ1) is 31.2. The summed E-state index contributed by atoms with van der Waals surface area (Å²) >= 11 is 6.32. The van der Waals surface area contributed by atoms with E-state index in [2.05, 4.69) is 15.4 Å². The molecule has 45 heavy (non-hydrogen) atoms. The van der Waals surface area contributed by atoms with Gasteiger partial charge in [-0.15, -0.1) is 0 Å².